The monoisotopic (exact) mass is 662 g/mol. The Morgan fingerprint density at radius 1 is 0.750 bits per heavy atom. The average Bonchev–Trinajstić information content (AvgIpc) is 3.12. The van der Waals surface area contributed by atoms with Crippen molar-refractivity contribution in [1.29, 1.82) is 0 Å². The number of rotatable bonds is 11. The molecule has 3 rings (SSSR count). The first kappa shape index (κ1) is 52.0. The smallest absolute Gasteiger partial charge is 0.0143 e. The van der Waals surface area contributed by atoms with Gasteiger partial charge in [-0.05, 0) is 96.4 Å². The van der Waals surface area contributed by atoms with E-state index in [2.05, 4.69) is 122 Å². The Hall–Kier alpha value is -2.80. The molecule has 1 aliphatic rings. The van der Waals surface area contributed by atoms with Gasteiger partial charge in [0.15, 0.2) is 0 Å². The minimum absolute atomic E-state index is 0.216. The fourth-order valence-corrected chi connectivity index (χ4v) is 4.91. The fraction of sp³-hybridized carbons (Fsp3) is 0.574. The van der Waals surface area contributed by atoms with Crippen molar-refractivity contribution in [3.63, 3.8) is 0 Å². The van der Waals surface area contributed by atoms with Crippen LogP contribution < -0.4 is 5.32 Å². The van der Waals surface area contributed by atoms with Crippen LogP contribution in [0.1, 0.15) is 178 Å². The van der Waals surface area contributed by atoms with Gasteiger partial charge < -0.3 is 5.32 Å². The Labute approximate surface area is 303 Å². The molecule has 0 saturated carbocycles. The highest BCUT2D eigenvalue weighted by atomic mass is 14.9. The lowest BCUT2D eigenvalue weighted by Gasteiger charge is -2.22. The third kappa shape index (κ3) is 23.5. The summed E-state index contributed by atoms with van der Waals surface area (Å²) in [5.74, 6) is 0. The first-order chi connectivity index (χ1) is 23.0. The second-order valence-electron chi connectivity index (χ2n) is 12.0. The number of unbranched alkanes of at least 4 members (excludes halogenated alkanes) is 4. The summed E-state index contributed by atoms with van der Waals surface area (Å²) in [6.45, 7) is 45.0. The highest BCUT2D eigenvalue weighted by Crippen LogP contribution is 2.32. The number of aryl methyl sites for hydroxylation is 2. The Morgan fingerprint density at radius 2 is 1.29 bits per heavy atom. The van der Waals surface area contributed by atoms with Crippen LogP contribution >= 0.6 is 0 Å². The quantitative estimate of drug-likeness (QED) is 0.236. The maximum atomic E-state index is 4.18. The summed E-state index contributed by atoms with van der Waals surface area (Å²) in [5, 5.41) is 3.49. The van der Waals surface area contributed by atoms with Crippen molar-refractivity contribution in [1.82, 2.24) is 5.32 Å². The van der Waals surface area contributed by atoms with E-state index in [1.165, 1.54) is 82.3 Å². The Bertz CT molecular complexity index is 1110. The molecule has 0 radical (unpaired) electrons. The van der Waals surface area contributed by atoms with Gasteiger partial charge in [0.25, 0.3) is 0 Å². The van der Waals surface area contributed by atoms with Crippen LogP contribution in [0.2, 0.25) is 0 Å². The van der Waals surface area contributed by atoms with E-state index in [1.54, 1.807) is 0 Å². The van der Waals surface area contributed by atoms with Gasteiger partial charge in [0.1, 0.15) is 0 Å². The van der Waals surface area contributed by atoms with E-state index in [-0.39, 0.29) is 5.41 Å². The number of nitrogens with one attached hydrogen (secondary N) is 1. The first-order valence-corrected chi connectivity index (χ1v) is 19.7. The molecule has 1 N–H and O–H groups in total. The lowest BCUT2D eigenvalue weighted by atomic mass is 9.83. The molecular weight excluding hydrogens is 579 g/mol. The van der Waals surface area contributed by atoms with Gasteiger partial charge in [-0.2, -0.15) is 0 Å². The molecular formula is C47H83N. The Balaban J connectivity index is -0.000000333. The molecule has 0 heterocycles. The summed E-state index contributed by atoms with van der Waals surface area (Å²) in [4.78, 5) is 0. The molecule has 0 aliphatic heterocycles. The molecule has 0 aromatic heterocycles. The largest absolute Gasteiger partial charge is 0.389 e. The van der Waals surface area contributed by atoms with Crippen LogP contribution in [0.5, 0.6) is 0 Å². The molecule has 0 fully saturated rings. The lowest BCUT2D eigenvalue weighted by molar-refractivity contribution is 0.584. The second kappa shape index (κ2) is 34.1. The number of hydrogen-bond donors (Lipinski definition) is 1. The van der Waals surface area contributed by atoms with Gasteiger partial charge in [-0.1, -0.05) is 190 Å². The van der Waals surface area contributed by atoms with Gasteiger partial charge >= 0.3 is 0 Å². The van der Waals surface area contributed by atoms with E-state index in [1.807, 2.05) is 69.2 Å². The fourth-order valence-electron chi connectivity index (χ4n) is 4.91. The van der Waals surface area contributed by atoms with E-state index in [0.29, 0.717) is 0 Å². The van der Waals surface area contributed by atoms with Crippen LogP contribution in [-0.2, 0) is 11.8 Å². The molecule has 0 unspecified atom stereocenters. The summed E-state index contributed by atoms with van der Waals surface area (Å²) in [5.41, 5.74) is 12.3. The van der Waals surface area contributed by atoms with Crippen molar-refractivity contribution in [2.24, 2.45) is 0 Å². The molecule has 1 aliphatic carbocycles. The molecule has 276 valence electrons. The third-order valence-corrected chi connectivity index (χ3v) is 7.54. The van der Waals surface area contributed by atoms with Crippen molar-refractivity contribution >= 4 is 5.57 Å². The second-order valence-corrected chi connectivity index (χ2v) is 12.0. The summed E-state index contributed by atoms with van der Waals surface area (Å²) in [6, 6.07) is 17.4. The molecule has 1 nitrogen and oxygen atoms in total. The van der Waals surface area contributed by atoms with Gasteiger partial charge in [-0.15, -0.1) is 0 Å². The summed E-state index contributed by atoms with van der Waals surface area (Å²) < 4.78 is 0. The molecule has 2 aromatic carbocycles. The summed E-state index contributed by atoms with van der Waals surface area (Å²) in [6.07, 6.45) is 12.0. The number of benzene rings is 2. The zero-order valence-electron chi connectivity index (χ0n) is 35.5. The van der Waals surface area contributed by atoms with Gasteiger partial charge in [-0.25, -0.2) is 0 Å². The zero-order chi connectivity index (χ0) is 38.1. The standard InChI is InChI=1S/C22H37N.C15H16.5C2H6/c1-7-8-9-10-11-16-23-19(3)13-15-20-14-12-18(2)21(17-20)22(4,5)6;1-11-9-15(10-12(2)13(11)3)14-7-5-4-6-8-14;5*1-2/h12,14,17,23H,3,7-11,13,15-16H2,1-2,4-6H3;4-8,10H,1,9H2,2-3H3;5*1-2H3. The summed E-state index contributed by atoms with van der Waals surface area (Å²) in [7, 11) is 0. The van der Waals surface area contributed by atoms with Gasteiger partial charge in [0.2, 0.25) is 0 Å². The van der Waals surface area contributed by atoms with E-state index in [4.69, 9.17) is 0 Å². The minimum atomic E-state index is 0.216. The van der Waals surface area contributed by atoms with E-state index < -0.39 is 0 Å². The van der Waals surface area contributed by atoms with Crippen LogP contribution in [0, 0.1) is 6.92 Å². The minimum Gasteiger partial charge on any atom is -0.389 e. The summed E-state index contributed by atoms with van der Waals surface area (Å²) >= 11 is 0. The third-order valence-electron chi connectivity index (χ3n) is 7.54. The normalized spacial score (nSPS) is 11.4. The van der Waals surface area contributed by atoms with Crippen molar-refractivity contribution in [2.75, 3.05) is 6.54 Å². The lowest BCUT2D eigenvalue weighted by Crippen LogP contribution is -2.15. The molecule has 48 heavy (non-hydrogen) atoms. The van der Waals surface area contributed by atoms with Gasteiger partial charge in [0.05, 0.1) is 0 Å². The molecule has 0 atom stereocenters. The molecule has 0 saturated heterocycles. The predicted octanol–water partition coefficient (Wildman–Crippen LogP) is 15.8. The Kier molecular flexibility index (Phi) is 36.9. The Morgan fingerprint density at radius 3 is 1.79 bits per heavy atom. The predicted molar refractivity (Wildman–Crippen MR) is 227 cm³/mol. The number of allylic oxidation sites excluding steroid dienone is 6. The zero-order valence-corrected chi connectivity index (χ0v) is 35.5. The topological polar surface area (TPSA) is 12.0 Å². The van der Waals surface area contributed by atoms with Crippen molar-refractivity contribution < 1.29 is 0 Å². The average molecular weight is 662 g/mol. The van der Waals surface area contributed by atoms with E-state index in [0.717, 1.165) is 25.8 Å². The molecule has 0 spiro atoms. The maximum absolute atomic E-state index is 4.18. The van der Waals surface area contributed by atoms with Gasteiger partial charge in [0, 0.05) is 12.2 Å². The van der Waals surface area contributed by atoms with E-state index >= 15 is 0 Å². The molecule has 1 heteroatoms. The highest BCUT2D eigenvalue weighted by Gasteiger charge is 2.16. The van der Waals surface area contributed by atoms with E-state index in [9.17, 15) is 0 Å². The molecule has 0 amide bonds. The molecule has 0 bridgehead atoms. The molecule has 2 aromatic rings. The van der Waals surface area contributed by atoms with Crippen molar-refractivity contribution in [3.05, 3.63) is 112 Å². The van der Waals surface area contributed by atoms with Crippen LogP contribution in [0.4, 0.5) is 0 Å². The number of hydrogen-bond acceptors (Lipinski definition) is 1. The van der Waals surface area contributed by atoms with Crippen LogP contribution in [0.15, 0.2) is 90.2 Å². The van der Waals surface area contributed by atoms with Crippen LogP contribution in [0.25, 0.3) is 5.57 Å². The maximum Gasteiger partial charge on any atom is 0.0143 e. The van der Waals surface area contributed by atoms with Crippen molar-refractivity contribution in [3.8, 4) is 0 Å². The van der Waals surface area contributed by atoms with Crippen LogP contribution in [0.3, 0.4) is 0 Å². The highest BCUT2D eigenvalue weighted by molar-refractivity contribution is 5.74. The van der Waals surface area contributed by atoms with Crippen molar-refractivity contribution in [2.45, 2.75) is 174 Å². The SMILES string of the molecule is C=C(CCc1ccc(C)c(C(C)(C)C)c1)NCCCCCCC.C=C1CC(c2ccccc2)=CC(C)=C1C.CC.CC.CC.CC.CC. The van der Waals surface area contributed by atoms with Gasteiger partial charge in [-0.3, -0.25) is 0 Å². The van der Waals surface area contributed by atoms with Crippen LogP contribution in [-0.4, -0.2) is 6.54 Å². The first-order valence-electron chi connectivity index (χ1n) is 19.7.